The molecule has 3 aromatic rings. The van der Waals surface area contributed by atoms with Gasteiger partial charge in [-0.05, 0) is 60.3 Å². The highest BCUT2D eigenvalue weighted by molar-refractivity contribution is 5.92. The molecule has 2 N–H and O–H groups in total. The number of rotatable bonds is 7. The quantitative estimate of drug-likeness (QED) is 0.333. The molecule has 0 bridgehead atoms. The molecule has 2 aliphatic rings. The van der Waals surface area contributed by atoms with Crippen LogP contribution in [0.4, 0.5) is 0 Å². The molecule has 3 heteroatoms. The van der Waals surface area contributed by atoms with E-state index in [4.69, 9.17) is 0 Å². The topological polar surface area (TPSA) is 57.5 Å². The van der Waals surface area contributed by atoms with E-state index in [1.165, 1.54) is 38.5 Å². The van der Waals surface area contributed by atoms with Crippen molar-refractivity contribution in [3.8, 4) is 33.8 Å². The largest absolute Gasteiger partial charge is 0.507 e. The molecule has 0 spiro atoms. The summed E-state index contributed by atoms with van der Waals surface area (Å²) in [7, 11) is 0. The van der Waals surface area contributed by atoms with Crippen LogP contribution >= 0.6 is 0 Å². The van der Waals surface area contributed by atoms with Crippen LogP contribution in [-0.4, -0.2) is 16.0 Å². The van der Waals surface area contributed by atoms with Gasteiger partial charge in [-0.15, -0.1) is 0 Å². The van der Waals surface area contributed by atoms with Crippen LogP contribution < -0.4 is 0 Å². The highest BCUT2D eigenvalue weighted by Crippen LogP contribution is 2.46. The first-order valence-corrected chi connectivity index (χ1v) is 13.8. The first-order valence-electron chi connectivity index (χ1n) is 13.8. The zero-order chi connectivity index (χ0) is 24.9. The first kappa shape index (κ1) is 24.6. The molecule has 3 aromatic carbocycles. The molecule has 2 aliphatic carbocycles. The van der Waals surface area contributed by atoms with Gasteiger partial charge in [0, 0.05) is 23.5 Å². The van der Waals surface area contributed by atoms with Crippen LogP contribution in [0, 0.1) is 17.8 Å². The maximum Gasteiger partial charge on any atom is 0.135 e. The number of carbonyl (C=O) groups is 1. The summed E-state index contributed by atoms with van der Waals surface area (Å²) in [6, 6.07) is 21.1. The van der Waals surface area contributed by atoms with Crippen molar-refractivity contribution in [2.24, 2.45) is 17.8 Å². The van der Waals surface area contributed by atoms with Gasteiger partial charge in [0.25, 0.3) is 0 Å². The van der Waals surface area contributed by atoms with Crippen LogP contribution in [0.2, 0.25) is 0 Å². The number of Topliss-reactive ketones (excluding diaryl/α,β-unsaturated/α-hetero) is 1. The van der Waals surface area contributed by atoms with Crippen molar-refractivity contribution in [2.75, 3.05) is 0 Å². The van der Waals surface area contributed by atoms with Gasteiger partial charge in [0.2, 0.25) is 0 Å². The van der Waals surface area contributed by atoms with Gasteiger partial charge in [0.05, 0.1) is 0 Å². The predicted molar refractivity (Wildman–Crippen MR) is 146 cm³/mol. The number of benzene rings is 3. The Morgan fingerprint density at radius 2 is 1.36 bits per heavy atom. The minimum Gasteiger partial charge on any atom is -0.507 e. The maximum absolute atomic E-state index is 13.2. The number of aromatic hydroxyl groups is 2. The average molecular weight is 483 g/mol. The molecule has 0 aromatic heterocycles. The van der Waals surface area contributed by atoms with Gasteiger partial charge in [0.15, 0.2) is 0 Å². The van der Waals surface area contributed by atoms with E-state index in [0.717, 1.165) is 35.8 Å². The Kier molecular flexibility index (Phi) is 7.75. The number of hydrogen-bond acceptors (Lipinski definition) is 3. The molecule has 0 radical (unpaired) electrons. The fourth-order valence-electron chi connectivity index (χ4n) is 6.72. The maximum atomic E-state index is 13.2. The summed E-state index contributed by atoms with van der Waals surface area (Å²) in [6.07, 6.45) is 11.8. The van der Waals surface area contributed by atoms with Crippen LogP contribution in [0.5, 0.6) is 11.5 Å². The molecule has 0 heterocycles. The SMILES string of the molecule is O=C(CCCc1cc(O)c(-c2ccccc2)c(-c2ccccc2)c1O)C1CCCC2CCCCC2C1. The van der Waals surface area contributed by atoms with E-state index in [-0.39, 0.29) is 17.4 Å². The third-order valence-electron chi connectivity index (χ3n) is 8.59. The summed E-state index contributed by atoms with van der Waals surface area (Å²) in [6.45, 7) is 0. The number of ketones is 1. The lowest BCUT2D eigenvalue weighted by atomic mass is 9.75. The van der Waals surface area contributed by atoms with Crippen molar-refractivity contribution in [3.05, 3.63) is 72.3 Å². The van der Waals surface area contributed by atoms with Crippen LogP contribution in [0.1, 0.15) is 69.8 Å². The standard InChI is InChI=1S/C33H38O3/c34-29(27-18-9-17-23-11-7-8-16-26(23)21-27)20-10-19-28-22-30(35)31(24-12-3-1-4-13-24)32(33(28)36)25-14-5-2-6-15-25/h1-6,12-15,22-23,26-27,35-36H,7-11,16-21H2. The van der Waals surface area contributed by atoms with Crippen molar-refractivity contribution in [3.63, 3.8) is 0 Å². The number of fused-ring (bicyclic) bond motifs is 1. The second-order valence-electron chi connectivity index (χ2n) is 10.9. The third-order valence-corrected chi connectivity index (χ3v) is 8.59. The predicted octanol–water partition coefficient (Wildman–Crippen LogP) is 8.32. The fourth-order valence-corrected chi connectivity index (χ4v) is 6.72. The van der Waals surface area contributed by atoms with Crippen molar-refractivity contribution < 1.29 is 15.0 Å². The van der Waals surface area contributed by atoms with E-state index >= 15 is 0 Å². The zero-order valence-corrected chi connectivity index (χ0v) is 21.2. The van der Waals surface area contributed by atoms with E-state index in [1.54, 1.807) is 6.07 Å². The molecule has 36 heavy (non-hydrogen) atoms. The summed E-state index contributed by atoms with van der Waals surface area (Å²) in [5, 5.41) is 22.5. The van der Waals surface area contributed by atoms with Gasteiger partial charge in [-0.3, -0.25) is 4.79 Å². The van der Waals surface area contributed by atoms with Gasteiger partial charge in [-0.1, -0.05) is 99.2 Å². The van der Waals surface area contributed by atoms with Gasteiger partial charge >= 0.3 is 0 Å². The normalized spacial score (nSPS) is 21.9. The molecule has 2 fully saturated rings. The molecule has 0 amide bonds. The molecule has 3 unspecified atom stereocenters. The lowest BCUT2D eigenvalue weighted by molar-refractivity contribution is -0.123. The molecule has 3 nitrogen and oxygen atoms in total. The smallest absolute Gasteiger partial charge is 0.135 e. The fraction of sp³-hybridized carbons (Fsp3) is 0.424. The van der Waals surface area contributed by atoms with Crippen molar-refractivity contribution in [2.45, 2.75) is 70.6 Å². The minimum atomic E-state index is 0.159. The minimum absolute atomic E-state index is 0.159. The highest BCUT2D eigenvalue weighted by atomic mass is 16.3. The lowest BCUT2D eigenvalue weighted by Gasteiger charge is -2.30. The van der Waals surface area contributed by atoms with E-state index < -0.39 is 0 Å². The molecule has 0 aliphatic heterocycles. The molecule has 188 valence electrons. The molecule has 0 saturated heterocycles. The molecular formula is C33H38O3. The van der Waals surface area contributed by atoms with Crippen LogP contribution in [0.15, 0.2) is 66.7 Å². The van der Waals surface area contributed by atoms with E-state index in [9.17, 15) is 15.0 Å². The van der Waals surface area contributed by atoms with E-state index in [1.807, 2.05) is 60.7 Å². The van der Waals surface area contributed by atoms with Gasteiger partial charge < -0.3 is 10.2 Å². The Morgan fingerprint density at radius 3 is 2.06 bits per heavy atom. The summed E-state index contributed by atoms with van der Waals surface area (Å²) >= 11 is 0. The molecule has 3 atom stereocenters. The Labute approximate surface area is 215 Å². The van der Waals surface area contributed by atoms with Crippen LogP contribution in [-0.2, 0) is 11.2 Å². The number of carbonyl (C=O) groups excluding carboxylic acids is 1. The summed E-state index contributed by atoms with van der Waals surface area (Å²) in [5.74, 6) is 2.55. The number of phenols is 2. The average Bonchev–Trinajstić information content (AvgIpc) is 3.14. The Bertz CT molecular complexity index is 1170. The van der Waals surface area contributed by atoms with Crippen molar-refractivity contribution >= 4 is 5.78 Å². The Balaban J connectivity index is 1.33. The molecule has 2 saturated carbocycles. The van der Waals surface area contributed by atoms with Crippen molar-refractivity contribution in [1.82, 2.24) is 0 Å². The third kappa shape index (κ3) is 5.36. The van der Waals surface area contributed by atoms with Crippen LogP contribution in [0.3, 0.4) is 0 Å². The first-order chi connectivity index (χ1) is 17.6. The summed E-state index contributed by atoms with van der Waals surface area (Å²) < 4.78 is 0. The van der Waals surface area contributed by atoms with Crippen LogP contribution in [0.25, 0.3) is 22.3 Å². The number of aryl methyl sites for hydroxylation is 1. The van der Waals surface area contributed by atoms with Crippen molar-refractivity contribution in [1.29, 1.82) is 0 Å². The number of phenolic OH excluding ortho intramolecular Hbond substituents is 2. The summed E-state index contributed by atoms with van der Waals surface area (Å²) in [4.78, 5) is 13.2. The highest BCUT2D eigenvalue weighted by Gasteiger charge is 2.32. The zero-order valence-electron chi connectivity index (χ0n) is 21.2. The second-order valence-corrected chi connectivity index (χ2v) is 10.9. The van der Waals surface area contributed by atoms with E-state index in [2.05, 4.69) is 0 Å². The molecular weight excluding hydrogens is 444 g/mol. The summed E-state index contributed by atoms with van der Waals surface area (Å²) in [5.41, 5.74) is 3.71. The Morgan fingerprint density at radius 1 is 0.750 bits per heavy atom. The molecule has 5 rings (SSSR count). The van der Waals surface area contributed by atoms with Gasteiger partial charge in [0.1, 0.15) is 17.3 Å². The number of hydrogen-bond donors (Lipinski definition) is 2. The van der Waals surface area contributed by atoms with Gasteiger partial charge in [-0.25, -0.2) is 0 Å². The lowest BCUT2D eigenvalue weighted by Crippen LogP contribution is -2.22. The van der Waals surface area contributed by atoms with E-state index in [0.29, 0.717) is 41.7 Å². The second kappa shape index (κ2) is 11.3. The monoisotopic (exact) mass is 482 g/mol. The Hall–Kier alpha value is -3.07. The van der Waals surface area contributed by atoms with Gasteiger partial charge in [-0.2, -0.15) is 0 Å².